The normalized spacial score (nSPS) is 11.9. The molecule has 0 aliphatic carbocycles. The van der Waals surface area contributed by atoms with Gasteiger partial charge >= 0.3 is 0 Å². The lowest BCUT2D eigenvalue weighted by Crippen LogP contribution is -2.18. The van der Waals surface area contributed by atoms with Gasteiger partial charge < -0.3 is 14.8 Å². The van der Waals surface area contributed by atoms with E-state index in [4.69, 9.17) is 9.47 Å². The predicted molar refractivity (Wildman–Crippen MR) is 79.0 cm³/mol. The first-order valence-electron chi connectivity index (χ1n) is 6.59. The molecule has 1 unspecified atom stereocenters. The summed E-state index contributed by atoms with van der Waals surface area (Å²) in [5.74, 6) is 1.51. The van der Waals surface area contributed by atoms with Gasteiger partial charge in [-0.15, -0.1) is 0 Å². The summed E-state index contributed by atoms with van der Waals surface area (Å²) in [5, 5.41) is 3.47. The fourth-order valence-electron chi connectivity index (χ4n) is 1.94. The zero-order valence-corrected chi connectivity index (χ0v) is 12.1. The van der Waals surface area contributed by atoms with Crippen molar-refractivity contribution < 1.29 is 9.47 Å². The number of methoxy groups -OCH3 is 2. The van der Waals surface area contributed by atoms with Gasteiger partial charge in [0.1, 0.15) is 5.75 Å². The maximum atomic E-state index is 5.24. The van der Waals surface area contributed by atoms with Crippen LogP contribution in [0.1, 0.15) is 24.1 Å². The molecule has 1 aromatic heterocycles. The zero-order chi connectivity index (χ0) is 14.4. The van der Waals surface area contributed by atoms with Crippen molar-refractivity contribution in [3.05, 3.63) is 53.7 Å². The number of pyridine rings is 1. The molecule has 4 nitrogen and oxygen atoms in total. The minimum absolute atomic E-state index is 0.243. The zero-order valence-electron chi connectivity index (χ0n) is 12.1. The summed E-state index contributed by atoms with van der Waals surface area (Å²) in [6, 6.07) is 12.2. The molecule has 0 bridgehead atoms. The van der Waals surface area contributed by atoms with Crippen molar-refractivity contribution in [2.45, 2.75) is 19.5 Å². The van der Waals surface area contributed by atoms with E-state index in [1.54, 1.807) is 14.2 Å². The highest BCUT2D eigenvalue weighted by Crippen LogP contribution is 2.19. The van der Waals surface area contributed by atoms with E-state index in [0.29, 0.717) is 5.88 Å². The van der Waals surface area contributed by atoms with Crippen LogP contribution in [-0.2, 0) is 6.54 Å². The Bertz CT molecular complexity index is 540. The van der Waals surface area contributed by atoms with Gasteiger partial charge in [0.25, 0.3) is 0 Å². The van der Waals surface area contributed by atoms with E-state index < -0.39 is 0 Å². The lowest BCUT2D eigenvalue weighted by Gasteiger charge is -2.15. The van der Waals surface area contributed by atoms with Crippen molar-refractivity contribution in [2.24, 2.45) is 0 Å². The number of rotatable bonds is 6. The molecule has 4 heteroatoms. The van der Waals surface area contributed by atoms with Gasteiger partial charge in [0, 0.05) is 24.8 Å². The highest BCUT2D eigenvalue weighted by molar-refractivity contribution is 5.30. The van der Waals surface area contributed by atoms with E-state index >= 15 is 0 Å². The summed E-state index contributed by atoms with van der Waals surface area (Å²) in [4.78, 5) is 4.19. The Morgan fingerprint density at radius 3 is 2.65 bits per heavy atom. The number of nitrogens with one attached hydrogen (secondary N) is 1. The molecule has 0 fully saturated rings. The van der Waals surface area contributed by atoms with Crippen molar-refractivity contribution in [2.75, 3.05) is 14.2 Å². The second kappa shape index (κ2) is 6.91. The van der Waals surface area contributed by atoms with Crippen LogP contribution in [-0.4, -0.2) is 19.2 Å². The van der Waals surface area contributed by atoms with Gasteiger partial charge in [0.05, 0.1) is 14.2 Å². The monoisotopic (exact) mass is 272 g/mol. The topological polar surface area (TPSA) is 43.4 Å². The lowest BCUT2D eigenvalue weighted by atomic mass is 10.1. The Balaban J connectivity index is 1.95. The first kappa shape index (κ1) is 14.3. The molecule has 2 rings (SSSR count). The van der Waals surface area contributed by atoms with Gasteiger partial charge in [-0.2, -0.15) is 0 Å². The fourth-order valence-corrected chi connectivity index (χ4v) is 1.94. The van der Waals surface area contributed by atoms with E-state index in [0.717, 1.165) is 17.9 Å². The lowest BCUT2D eigenvalue weighted by molar-refractivity contribution is 0.397. The SMILES string of the molecule is COc1cccc(C(C)NCc2ccc(OC)nc2)c1. The second-order valence-corrected chi connectivity index (χ2v) is 4.59. The number of benzene rings is 1. The van der Waals surface area contributed by atoms with Gasteiger partial charge in [-0.3, -0.25) is 0 Å². The summed E-state index contributed by atoms with van der Waals surface area (Å²) < 4.78 is 10.3. The molecular formula is C16H20N2O2. The van der Waals surface area contributed by atoms with E-state index in [9.17, 15) is 0 Å². The van der Waals surface area contributed by atoms with Gasteiger partial charge in [0.15, 0.2) is 0 Å². The summed E-state index contributed by atoms with van der Waals surface area (Å²) in [6.07, 6.45) is 1.82. The molecule has 1 N–H and O–H groups in total. The van der Waals surface area contributed by atoms with Crippen LogP contribution in [0.2, 0.25) is 0 Å². The molecule has 0 aliphatic heterocycles. The molecule has 1 aromatic carbocycles. The predicted octanol–water partition coefficient (Wildman–Crippen LogP) is 2.95. The summed E-state index contributed by atoms with van der Waals surface area (Å²) in [7, 11) is 3.30. The van der Waals surface area contributed by atoms with Crippen LogP contribution in [0.4, 0.5) is 0 Å². The summed E-state index contributed by atoms with van der Waals surface area (Å²) >= 11 is 0. The van der Waals surface area contributed by atoms with Gasteiger partial charge in [0.2, 0.25) is 5.88 Å². The Kier molecular flexibility index (Phi) is 4.96. The van der Waals surface area contributed by atoms with Crippen molar-refractivity contribution in [3.63, 3.8) is 0 Å². The first-order chi connectivity index (χ1) is 9.72. The maximum absolute atomic E-state index is 5.24. The van der Waals surface area contributed by atoms with Crippen molar-refractivity contribution >= 4 is 0 Å². The molecule has 0 amide bonds. The number of nitrogens with zero attached hydrogens (tertiary/aromatic N) is 1. The third-order valence-corrected chi connectivity index (χ3v) is 3.21. The number of hydrogen-bond acceptors (Lipinski definition) is 4. The van der Waals surface area contributed by atoms with Gasteiger partial charge in [-0.25, -0.2) is 4.98 Å². The van der Waals surface area contributed by atoms with Crippen LogP contribution in [0.25, 0.3) is 0 Å². The highest BCUT2D eigenvalue weighted by Gasteiger charge is 2.06. The molecule has 20 heavy (non-hydrogen) atoms. The van der Waals surface area contributed by atoms with Crippen LogP contribution in [0.15, 0.2) is 42.6 Å². The van der Waals surface area contributed by atoms with E-state index in [-0.39, 0.29) is 6.04 Å². The quantitative estimate of drug-likeness (QED) is 0.878. The van der Waals surface area contributed by atoms with Gasteiger partial charge in [-0.05, 0) is 30.2 Å². The van der Waals surface area contributed by atoms with Crippen molar-refractivity contribution in [1.29, 1.82) is 0 Å². The van der Waals surface area contributed by atoms with Crippen LogP contribution in [0, 0.1) is 0 Å². The molecule has 1 heterocycles. The van der Waals surface area contributed by atoms with Crippen LogP contribution >= 0.6 is 0 Å². The largest absolute Gasteiger partial charge is 0.497 e. The molecule has 0 spiro atoms. The molecule has 0 saturated carbocycles. The highest BCUT2D eigenvalue weighted by atomic mass is 16.5. The van der Waals surface area contributed by atoms with Crippen molar-refractivity contribution in [1.82, 2.24) is 10.3 Å². The standard InChI is InChI=1S/C16H20N2O2/c1-12(14-5-4-6-15(9-14)19-2)17-10-13-7-8-16(20-3)18-11-13/h4-9,11-12,17H,10H2,1-3H3. The van der Waals surface area contributed by atoms with Crippen LogP contribution < -0.4 is 14.8 Å². The Labute approximate surface area is 119 Å². The van der Waals surface area contributed by atoms with Gasteiger partial charge in [-0.1, -0.05) is 18.2 Å². The Morgan fingerprint density at radius 2 is 2.00 bits per heavy atom. The van der Waals surface area contributed by atoms with Crippen molar-refractivity contribution in [3.8, 4) is 11.6 Å². The van der Waals surface area contributed by atoms with E-state index in [1.165, 1.54) is 5.56 Å². The van der Waals surface area contributed by atoms with Crippen LogP contribution in [0.5, 0.6) is 11.6 Å². The van der Waals surface area contributed by atoms with E-state index in [2.05, 4.69) is 23.3 Å². The fraction of sp³-hybridized carbons (Fsp3) is 0.312. The average Bonchev–Trinajstić information content (AvgIpc) is 2.53. The minimum atomic E-state index is 0.243. The maximum Gasteiger partial charge on any atom is 0.212 e. The molecule has 0 radical (unpaired) electrons. The number of ether oxygens (including phenoxy) is 2. The Morgan fingerprint density at radius 1 is 1.15 bits per heavy atom. The van der Waals surface area contributed by atoms with Crippen LogP contribution in [0.3, 0.4) is 0 Å². The van der Waals surface area contributed by atoms with E-state index in [1.807, 2.05) is 36.5 Å². The molecule has 106 valence electrons. The second-order valence-electron chi connectivity index (χ2n) is 4.59. The molecular weight excluding hydrogens is 252 g/mol. The smallest absolute Gasteiger partial charge is 0.212 e. The average molecular weight is 272 g/mol. The summed E-state index contributed by atoms with van der Waals surface area (Å²) in [5.41, 5.74) is 2.33. The molecule has 1 atom stereocenters. The molecule has 0 saturated heterocycles. The molecule has 2 aromatic rings. The first-order valence-corrected chi connectivity index (χ1v) is 6.59. The summed E-state index contributed by atoms with van der Waals surface area (Å²) in [6.45, 7) is 2.89. The Hall–Kier alpha value is -2.07. The number of aromatic nitrogens is 1. The third-order valence-electron chi connectivity index (χ3n) is 3.21. The number of hydrogen-bond donors (Lipinski definition) is 1. The minimum Gasteiger partial charge on any atom is -0.497 e. The third kappa shape index (κ3) is 3.71. The molecule has 0 aliphatic rings.